The molecule has 1 aromatic heterocycles. The Morgan fingerprint density at radius 3 is 2.47 bits per heavy atom. The van der Waals surface area contributed by atoms with Crippen LogP contribution in [0.25, 0.3) is 11.0 Å². The molecule has 2 N–H and O–H groups in total. The van der Waals surface area contributed by atoms with Gasteiger partial charge in [0.15, 0.2) is 17.9 Å². The van der Waals surface area contributed by atoms with E-state index >= 15 is 0 Å². The Morgan fingerprint density at radius 2 is 1.84 bits per heavy atom. The number of aliphatic hydroxyl groups excluding tert-OH is 1. The molecule has 1 aliphatic carbocycles. The van der Waals surface area contributed by atoms with Crippen LogP contribution < -0.4 is 9.64 Å². The van der Waals surface area contributed by atoms with Crippen LogP contribution in [0.3, 0.4) is 0 Å². The SMILES string of the molecule is COC(=O)N1c2ccc3c(nc(C(C)c4ccc(OC)c(F)c4)n3C3CCC(C(O)O)CC3)c2CC[C@@H]1C. The van der Waals surface area contributed by atoms with Gasteiger partial charge in [0.1, 0.15) is 5.82 Å². The highest BCUT2D eigenvalue weighted by atomic mass is 19.1. The lowest BCUT2D eigenvalue weighted by molar-refractivity contribution is -0.0951. The van der Waals surface area contributed by atoms with Crippen molar-refractivity contribution in [3.8, 4) is 5.75 Å². The number of halogens is 1. The molecular weight excluding hydrogens is 489 g/mol. The first-order valence-corrected chi connectivity index (χ1v) is 13.4. The molecule has 2 aromatic carbocycles. The highest BCUT2D eigenvalue weighted by Crippen LogP contribution is 2.42. The van der Waals surface area contributed by atoms with Gasteiger partial charge in [0.2, 0.25) is 0 Å². The number of amides is 1. The van der Waals surface area contributed by atoms with Gasteiger partial charge in [0.05, 0.1) is 30.9 Å². The average Bonchev–Trinajstić information content (AvgIpc) is 3.32. The Bertz CT molecular complexity index is 1330. The van der Waals surface area contributed by atoms with Crippen LogP contribution in [0.1, 0.15) is 74.9 Å². The van der Waals surface area contributed by atoms with Gasteiger partial charge >= 0.3 is 6.09 Å². The third-order valence-corrected chi connectivity index (χ3v) is 8.44. The minimum Gasteiger partial charge on any atom is -0.494 e. The number of rotatable bonds is 5. The van der Waals surface area contributed by atoms with Crippen LogP contribution in [0.5, 0.6) is 5.75 Å². The number of nitrogens with zero attached hydrogens (tertiary/aromatic N) is 3. The highest BCUT2D eigenvalue weighted by molar-refractivity contribution is 5.95. The average molecular weight is 526 g/mol. The van der Waals surface area contributed by atoms with Crippen LogP contribution >= 0.6 is 0 Å². The Balaban J connectivity index is 1.65. The lowest BCUT2D eigenvalue weighted by atomic mass is 9.85. The minimum atomic E-state index is -1.31. The van der Waals surface area contributed by atoms with Crippen molar-refractivity contribution in [3.63, 3.8) is 0 Å². The maximum Gasteiger partial charge on any atom is 0.414 e. The van der Waals surface area contributed by atoms with Crippen LogP contribution in [0.15, 0.2) is 30.3 Å². The summed E-state index contributed by atoms with van der Waals surface area (Å²) in [6, 6.07) is 9.14. The van der Waals surface area contributed by atoms with Crippen molar-refractivity contribution in [3.05, 3.63) is 53.1 Å². The molecule has 1 amide bonds. The van der Waals surface area contributed by atoms with Crippen LogP contribution in [0.2, 0.25) is 0 Å². The molecule has 5 rings (SSSR count). The van der Waals surface area contributed by atoms with Gasteiger partial charge in [-0.25, -0.2) is 14.2 Å². The van der Waals surface area contributed by atoms with Gasteiger partial charge in [0, 0.05) is 29.5 Å². The van der Waals surface area contributed by atoms with Gasteiger partial charge in [-0.15, -0.1) is 0 Å². The summed E-state index contributed by atoms with van der Waals surface area (Å²) in [4.78, 5) is 19.5. The van der Waals surface area contributed by atoms with Crippen molar-refractivity contribution in [1.82, 2.24) is 9.55 Å². The van der Waals surface area contributed by atoms with Crippen molar-refractivity contribution in [1.29, 1.82) is 0 Å². The summed E-state index contributed by atoms with van der Waals surface area (Å²) in [6.45, 7) is 4.04. The number of carbonyl (C=O) groups is 1. The number of aryl methyl sites for hydroxylation is 1. The molecule has 2 atom stereocenters. The predicted molar refractivity (Wildman–Crippen MR) is 142 cm³/mol. The second-order valence-corrected chi connectivity index (χ2v) is 10.6. The molecule has 38 heavy (non-hydrogen) atoms. The number of carbonyl (C=O) groups excluding carboxylic acids is 1. The van der Waals surface area contributed by atoms with E-state index in [1.54, 1.807) is 11.0 Å². The fourth-order valence-electron chi connectivity index (χ4n) is 6.24. The van der Waals surface area contributed by atoms with Gasteiger partial charge in [0.25, 0.3) is 0 Å². The van der Waals surface area contributed by atoms with Crippen molar-refractivity contribution >= 4 is 22.8 Å². The monoisotopic (exact) mass is 525 g/mol. The molecule has 3 aromatic rings. The van der Waals surface area contributed by atoms with E-state index in [0.29, 0.717) is 12.8 Å². The van der Waals surface area contributed by atoms with Gasteiger partial charge in [-0.1, -0.05) is 13.0 Å². The third-order valence-electron chi connectivity index (χ3n) is 8.44. The zero-order chi connectivity index (χ0) is 27.1. The molecule has 0 bridgehead atoms. The molecule has 2 aliphatic rings. The van der Waals surface area contributed by atoms with Crippen LogP contribution in [0, 0.1) is 11.7 Å². The molecule has 0 radical (unpaired) electrons. The van der Waals surface area contributed by atoms with E-state index in [1.807, 2.05) is 32.0 Å². The lowest BCUT2D eigenvalue weighted by Gasteiger charge is -2.34. The Labute approximate surface area is 222 Å². The number of methoxy groups -OCH3 is 2. The largest absolute Gasteiger partial charge is 0.494 e. The summed E-state index contributed by atoms with van der Waals surface area (Å²) in [6.07, 6.45) is 2.85. The minimum absolute atomic E-state index is 0.00958. The number of aliphatic hydroxyl groups is 2. The van der Waals surface area contributed by atoms with Gasteiger partial charge < -0.3 is 24.3 Å². The Hall–Kier alpha value is -3.17. The zero-order valence-corrected chi connectivity index (χ0v) is 22.4. The molecule has 1 fully saturated rings. The van der Waals surface area contributed by atoms with Crippen molar-refractivity contribution < 1.29 is 28.9 Å². The van der Waals surface area contributed by atoms with E-state index in [-0.39, 0.29) is 35.8 Å². The van der Waals surface area contributed by atoms with Gasteiger partial charge in [-0.3, -0.25) is 4.90 Å². The second-order valence-electron chi connectivity index (χ2n) is 10.6. The quantitative estimate of drug-likeness (QED) is 0.440. The molecule has 1 unspecified atom stereocenters. The van der Waals surface area contributed by atoms with Gasteiger partial charge in [-0.05, 0) is 75.3 Å². The summed E-state index contributed by atoms with van der Waals surface area (Å²) in [5, 5.41) is 19.4. The molecule has 8 nitrogen and oxygen atoms in total. The summed E-state index contributed by atoms with van der Waals surface area (Å²) < 4.78 is 27.1. The fourth-order valence-corrected chi connectivity index (χ4v) is 6.24. The number of anilines is 1. The standard InChI is InChI=1S/C29H36FN3O5/c1-16-5-11-21-23(32(16)29(36)38-4)12-13-24-26(21)31-27(17(2)19-8-14-25(37-3)22(30)15-19)33(24)20-9-6-18(7-10-20)28(34)35/h8,12-18,20,28,34-35H,5-7,9-11H2,1-4H3/t16-,17?,18?,20?/m0/s1. The maximum absolute atomic E-state index is 14.7. The van der Waals surface area contributed by atoms with Crippen molar-refractivity contribution in [2.45, 2.75) is 76.7 Å². The molecule has 1 aliphatic heterocycles. The number of hydrogen-bond acceptors (Lipinski definition) is 6. The highest BCUT2D eigenvalue weighted by Gasteiger charge is 2.34. The van der Waals surface area contributed by atoms with Crippen LogP contribution in [-0.4, -0.2) is 52.4 Å². The first-order chi connectivity index (χ1) is 18.2. The third kappa shape index (κ3) is 4.52. The number of hydrogen-bond donors (Lipinski definition) is 2. The molecule has 0 saturated heterocycles. The number of imidazole rings is 1. The normalized spacial score (nSPS) is 22.4. The van der Waals surface area contributed by atoms with Crippen LogP contribution in [-0.2, 0) is 11.2 Å². The molecule has 9 heteroatoms. The van der Waals surface area contributed by atoms with E-state index in [0.717, 1.165) is 59.4 Å². The number of aromatic nitrogens is 2. The number of benzene rings is 2. The summed E-state index contributed by atoms with van der Waals surface area (Å²) in [5.74, 6) is 0.256. The predicted octanol–water partition coefficient (Wildman–Crippen LogP) is 5.29. The van der Waals surface area contributed by atoms with E-state index < -0.39 is 12.1 Å². The van der Waals surface area contributed by atoms with Crippen LogP contribution in [0.4, 0.5) is 14.9 Å². The first-order valence-electron chi connectivity index (χ1n) is 13.4. The van der Waals surface area contributed by atoms with E-state index in [4.69, 9.17) is 14.5 Å². The lowest BCUT2D eigenvalue weighted by Crippen LogP contribution is -2.42. The molecule has 2 heterocycles. The topological polar surface area (TPSA) is 97.0 Å². The molecule has 1 saturated carbocycles. The molecule has 0 spiro atoms. The van der Waals surface area contributed by atoms with Crippen molar-refractivity contribution in [2.75, 3.05) is 19.1 Å². The van der Waals surface area contributed by atoms with Crippen molar-refractivity contribution in [2.24, 2.45) is 5.92 Å². The summed E-state index contributed by atoms with van der Waals surface area (Å²) in [5.41, 5.74) is 4.45. The van der Waals surface area contributed by atoms with E-state index in [9.17, 15) is 19.4 Å². The van der Waals surface area contributed by atoms with E-state index in [1.165, 1.54) is 20.3 Å². The molecule has 204 valence electrons. The zero-order valence-electron chi connectivity index (χ0n) is 22.4. The summed E-state index contributed by atoms with van der Waals surface area (Å²) in [7, 11) is 2.84. The number of ether oxygens (including phenoxy) is 2. The second kappa shape index (κ2) is 10.5. The maximum atomic E-state index is 14.7. The van der Waals surface area contributed by atoms with E-state index in [2.05, 4.69) is 4.57 Å². The molecular formula is C29H36FN3O5. The Morgan fingerprint density at radius 1 is 1.11 bits per heavy atom. The smallest absolute Gasteiger partial charge is 0.414 e. The Kier molecular flexibility index (Phi) is 7.33. The number of fused-ring (bicyclic) bond motifs is 3. The summed E-state index contributed by atoms with van der Waals surface area (Å²) >= 11 is 0. The first kappa shape index (κ1) is 26.4. The fraction of sp³-hybridized carbons (Fsp3) is 0.517. The van der Waals surface area contributed by atoms with Gasteiger partial charge in [-0.2, -0.15) is 0 Å².